The molecule has 121 heavy (non-hydrogen) atoms. The van der Waals surface area contributed by atoms with Crippen LogP contribution >= 0.6 is 0 Å². The number of aromatic nitrogens is 2. The van der Waals surface area contributed by atoms with Crippen LogP contribution in [-0.4, -0.2) is 15.8 Å². The number of benzene rings is 15. The molecular formula is C116H109BN4. The van der Waals surface area contributed by atoms with Gasteiger partial charge in [0.25, 0.3) is 6.71 Å². The van der Waals surface area contributed by atoms with Crippen LogP contribution in [0.25, 0.3) is 99.5 Å². The first-order valence-corrected chi connectivity index (χ1v) is 43.8. The lowest BCUT2D eigenvalue weighted by Gasteiger charge is -2.46. The van der Waals surface area contributed by atoms with Crippen molar-refractivity contribution >= 4 is 101 Å². The summed E-state index contributed by atoms with van der Waals surface area (Å²) in [4.78, 5) is 5.59. The maximum absolute atomic E-state index is 2.80. The number of hydrogen-bond donors (Lipinski definition) is 0. The van der Waals surface area contributed by atoms with Gasteiger partial charge in [-0.15, -0.1) is 0 Å². The number of rotatable bonds is 9. The third-order valence-corrected chi connectivity index (χ3v) is 26.8. The average Bonchev–Trinajstić information content (AvgIpc) is 0.980. The van der Waals surface area contributed by atoms with Crippen molar-refractivity contribution in [3.8, 4) is 55.9 Å². The third-order valence-electron chi connectivity index (χ3n) is 26.8. The van der Waals surface area contributed by atoms with Crippen LogP contribution in [0, 0.1) is 0 Å². The van der Waals surface area contributed by atoms with Gasteiger partial charge in [-0.2, -0.15) is 0 Å². The van der Waals surface area contributed by atoms with E-state index in [-0.39, 0.29) is 45.1 Å². The molecule has 1 aliphatic carbocycles. The quantitative estimate of drug-likeness (QED) is 0.134. The van der Waals surface area contributed by atoms with Crippen LogP contribution < -0.4 is 26.2 Å². The summed E-state index contributed by atoms with van der Waals surface area (Å²) in [7, 11) is 0. The largest absolute Gasteiger partial charge is 0.310 e. The highest BCUT2D eigenvalue weighted by Gasteiger charge is 2.47. The van der Waals surface area contributed by atoms with E-state index in [4.69, 9.17) is 0 Å². The SMILES string of the molecule is CC(C)(C)c1cc(-c2ccccc2)c(N2c3cc(-n4c5ccc(C(C)(C)C)cc5c5cc(C(C)(C)C)ccc54)ccc3B3c4ccc(-n5c6ccc(C(C)(C)C)cc6c6cc(C(C)(C)C)ccc65)cc4N(c4c(-c5ccccc5)cc(C(C)(C)C)cc4-c4ccccc4)c4cc(C5c6ccccc6Cc6ccccc65)cc2c43)c(-c2ccccc2)c1. The summed E-state index contributed by atoms with van der Waals surface area (Å²) in [5.74, 6) is -0.164. The molecule has 0 N–H and O–H groups in total. The molecule has 0 atom stereocenters. The van der Waals surface area contributed by atoms with Crippen molar-refractivity contribution in [2.45, 2.75) is 169 Å². The van der Waals surface area contributed by atoms with Gasteiger partial charge >= 0.3 is 0 Å². The molecule has 0 unspecified atom stereocenters. The Hall–Kier alpha value is -12.4. The Morgan fingerprint density at radius 3 is 0.826 bits per heavy atom. The van der Waals surface area contributed by atoms with Crippen molar-refractivity contribution in [3.63, 3.8) is 0 Å². The van der Waals surface area contributed by atoms with Crippen LogP contribution in [-0.2, 0) is 38.9 Å². The number of fused-ring (bicyclic) bond motifs is 12. The maximum atomic E-state index is 2.80. The summed E-state index contributed by atoms with van der Waals surface area (Å²) in [6, 6.07) is 124. The Morgan fingerprint density at radius 2 is 0.537 bits per heavy atom. The third kappa shape index (κ3) is 13.0. The highest BCUT2D eigenvalue weighted by atomic mass is 15.2. The van der Waals surface area contributed by atoms with Gasteiger partial charge in [0, 0.05) is 83.8 Å². The van der Waals surface area contributed by atoms with Gasteiger partial charge in [0.2, 0.25) is 0 Å². The molecule has 17 aromatic rings. The van der Waals surface area contributed by atoms with Crippen LogP contribution in [0.5, 0.6) is 0 Å². The smallest absolute Gasteiger partial charge is 0.252 e. The monoisotopic (exact) mass is 1570 g/mol. The zero-order valence-corrected chi connectivity index (χ0v) is 73.7. The lowest BCUT2D eigenvalue weighted by Crippen LogP contribution is -2.61. The molecule has 4 heterocycles. The molecule has 2 aliphatic heterocycles. The Kier molecular flexibility index (Phi) is 17.9. The Bertz CT molecular complexity index is 6350. The zero-order chi connectivity index (χ0) is 83.9. The molecule has 3 aliphatic rings. The van der Waals surface area contributed by atoms with Gasteiger partial charge in [0.1, 0.15) is 0 Å². The Labute approximate surface area is 716 Å². The van der Waals surface area contributed by atoms with E-state index >= 15 is 0 Å². The summed E-state index contributed by atoms with van der Waals surface area (Å²) in [6.45, 7) is 42.1. The second-order valence-electron chi connectivity index (χ2n) is 41.0. The highest BCUT2D eigenvalue weighted by molar-refractivity contribution is 7.00. The summed E-state index contributed by atoms with van der Waals surface area (Å²) >= 11 is 0. The summed E-state index contributed by atoms with van der Waals surface area (Å²) < 4.78 is 5.18. The Balaban J connectivity index is 1.00. The number of hydrogen-bond acceptors (Lipinski definition) is 2. The molecule has 5 heteroatoms. The molecular weight excluding hydrogens is 1460 g/mol. The van der Waals surface area contributed by atoms with Crippen molar-refractivity contribution in [1.29, 1.82) is 0 Å². The summed E-state index contributed by atoms with van der Waals surface area (Å²) in [5, 5.41) is 5.04. The van der Waals surface area contributed by atoms with Gasteiger partial charge in [0.05, 0.1) is 33.4 Å². The molecule has 0 saturated carbocycles. The van der Waals surface area contributed by atoms with E-state index in [1.165, 1.54) is 143 Å². The first-order chi connectivity index (χ1) is 57.8. The van der Waals surface area contributed by atoms with Gasteiger partial charge in [0.15, 0.2) is 0 Å². The van der Waals surface area contributed by atoms with Crippen molar-refractivity contribution in [2.24, 2.45) is 0 Å². The second-order valence-corrected chi connectivity index (χ2v) is 41.0. The minimum absolute atomic E-state index is 0.0799. The van der Waals surface area contributed by atoms with Gasteiger partial charge in [-0.05, 0) is 248 Å². The molecule has 2 aromatic heterocycles. The fourth-order valence-corrected chi connectivity index (χ4v) is 20.0. The minimum Gasteiger partial charge on any atom is -0.310 e. The van der Waals surface area contributed by atoms with Crippen molar-refractivity contribution in [1.82, 2.24) is 9.13 Å². The zero-order valence-electron chi connectivity index (χ0n) is 73.7. The van der Waals surface area contributed by atoms with Crippen LogP contribution in [0.1, 0.15) is 192 Å². The van der Waals surface area contributed by atoms with E-state index in [0.717, 1.165) is 74.2 Å². The average molecular weight is 1570 g/mol. The molecule has 0 saturated heterocycles. The molecule has 20 rings (SSSR count). The normalized spacial score (nSPS) is 13.8. The fraction of sp³-hybridized carbons (Fsp3) is 0.224. The topological polar surface area (TPSA) is 16.3 Å². The minimum atomic E-state index is -0.308. The number of nitrogens with zero attached hydrogens (tertiary/aromatic N) is 4. The first-order valence-electron chi connectivity index (χ1n) is 43.8. The molecule has 596 valence electrons. The van der Waals surface area contributed by atoms with Gasteiger partial charge in [-0.3, -0.25) is 0 Å². The lowest BCUT2D eigenvalue weighted by molar-refractivity contribution is 0.590. The molecule has 0 radical (unpaired) electrons. The highest BCUT2D eigenvalue weighted by Crippen LogP contribution is 2.57. The summed E-state index contributed by atoms with van der Waals surface area (Å²) in [6.07, 6.45) is 0.852. The van der Waals surface area contributed by atoms with Gasteiger partial charge in [-0.25, -0.2) is 0 Å². The Morgan fingerprint density at radius 1 is 0.256 bits per heavy atom. The van der Waals surface area contributed by atoms with Crippen LogP contribution in [0.15, 0.2) is 315 Å². The predicted molar refractivity (Wildman–Crippen MR) is 520 cm³/mol. The molecule has 0 fully saturated rings. The summed E-state index contributed by atoms with van der Waals surface area (Å²) in [5.41, 5.74) is 40.3. The standard InChI is InChI=1S/C116H109BN4/c1-111(2,3)79-47-55-99-93(62-79)94-63-80(112(4,5)6)48-56-100(94)118(99)85-51-53-97-103(70-85)120(109-89(72-35-23-19-24-36-72)66-83(115(13,14)15)67-90(109)73-37-25-20-26-38-73)105-60-78(107-87-45-33-31-43-76(87)59-77-44-32-34-46-88(77)107)61-106-108(105)117(97)98-54-52-86(119-101-57-49-81(113(7,8)9)64-95(101)96-65-82(114(10,11)12)50-58-102(96)119)71-104(98)121(106)110-91(74-39-27-21-28-40-74)68-84(116(16,17)18)69-92(110)75-41-29-22-30-42-75/h19-58,60-71,107H,59H2,1-18H3. The lowest BCUT2D eigenvalue weighted by atomic mass is 9.33. The molecule has 0 bridgehead atoms. The predicted octanol–water partition coefficient (Wildman–Crippen LogP) is 29.5. The van der Waals surface area contributed by atoms with Gasteiger partial charge in [-0.1, -0.05) is 331 Å². The van der Waals surface area contributed by atoms with E-state index in [1.807, 2.05) is 0 Å². The van der Waals surface area contributed by atoms with E-state index in [2.05, 4.69) is 459 Å². The molecule has 0 amide bonds. The van der Waals surface area contributed by atoms with E-state index < -0.39 is 0 Å². The maximum Gasteiger partial charge on any atom is 0.252 e. The van der Waals surface area contributed by atoms with Gasteiger partial charge < -0.3 is 18.9 Å². The van der Waals surface area contributed by atoms with E-state index in [9.17, 15) is 0 Å². The van der Waals surface area contributed by atoms with Crippen molar-refractivity contribution < 1.29 is 0 Å². The van der Waals surface area contributed by atoms with Crippen molar-refractivity contribution in [3.05, 3.63) is 377 Å². The first kappa shape index (κ1) is 77.2. The fourth-order valence-electron chi connectivity index (χ4n) is 20.0. The second kappa shape index (κ2) is 28.1. The van der Waals surface area contributed by atoms with Crippen LogP contribution in [0.4, 0.5) is 34.1 Å². The van der Waals surface area contributed by atoms with E-state index in [0.29, 0.717) is 0 Å². The van der Waals surface area contributed by atoms with Crippen LogP contribution in [0.3, 0.4) is 0 Å². The molecule has 4 nitrogen and oxygen atoms in total. The molecule has 15 aromatic carbocycles. The van der Waals surface area contributed by atoms with E-state index in [1.54, 1.807) is 0 Å². The van der Waals surface area contributed by atoms with Crippen molar-refractivity contribution in [2.75, 3.05) is 9.80 Å². The van der Waals surface area contributed by atoms with Crippen LogP contribution in [0.2, 0.25) is 0 Å². The number of anilines is 6. The molecule has 0 spiro atoms.